The largest absolute Gasteiger partial charge is 0.465 e. The maximum atomic E-state index is 13.5. The molecule has 0 amide bonds. The van der Waals surface area contributed by atoms with Gasteiger partial charge in [0.25, 0.3) is 0 Å². The van der Waals surface area contributed by atoms with Crippen molar-refractivity contribution in [3.63, 3.8) is 0 Å². The Bertz CT molecular complexity index is 1130. The number of esters is 1. The fourth-order valence-corrected chi connectivity index (χ4v) is 5.16. The summed E-state index contributed by atoms with van der Waals surface area (Å²) in [5.41, 5.74) is 2.59. The number of nitrogens with zero attached hydrogens (tertiary/aromatic N) is 3. The molecular weight excluding hydrogens is 545 g/mol. The SMILES string of the molecule is CSC1=NC(c2ccc(Cl)c(Cl)c2)C(C(=O)OCCCc2ccccc2)C(COCCN2CCOCC2)=N1. The van der Waals surface area contributed by atoms with Crippen molar-refractivity contribution in [2.45, 2.75) is 18.9 Å². The van der Waals surface area contributed by atoms with Crippen molar-refractivity contribution in [2.24, 2.45) is 15.9 Å². The van der Waals surface area contributed by atoms with E-state index in [2.05, 4.69) is 22.0 Å². The minimum atomic E-state index is -0.719. The molecule has 7 nitrogen and oxygen atoms in total. The zero-order chi connectivity index (χ0) is 26.7. The Morgan fingerprint density at radius 1 is 1.11 bits per heavy atom. The number of amidine groups is 1. The maximum Gasteiger partial charge on any atom is 0.317 e. The summed E-state index contributed by atoms with van der Waals surface area (Å²) in [4.78, 5) is 25.3. The molecule has 0 aromatic heterocycles. The lowest BCUT2D eigenvalue weighted by Crippen LogP contribution is -2.39. The number of hydrogen-bond donors (Lipinski definition) is 0. The highest BCUT2D eigenvalue weighted by Gasteiger charge is 2.38. The Balaban J connectivity index is 1.46. The molecule has 2 heterocycles. The van der Waals surface area contributed by atoms with Gasteiger partial charge in [0.1, 0.15) is 5.92 Å². The molecule has 0 bridgehead atoms. The van der Waals surface area contributed by atoms with Gasteiger partial charge in [-0.3, -0.25) is 14.7 Å². The van der Waals surface area contributed by atoms with Crippen molar-refractivity contribution < 1.29 is 19.0 Å². The first-order valence-electron chi connectivity index (χ1n) is 12.8. The van der Waals surface area contributed by atoms with E-state index in [1.54, 1.807) is 12.1 Å². The van der Waals surface area contributed by atoms with E-state index in [-0.39, 0.29) is 12.6 Å². The van der Waals surface area contributed by atoms with Gasteiger partial charge in [-0.1, -0.05) is 71.4 Å². The summed E-state index contributed by atoms with van der Waals surface area (Å²) in [6, 6.07) is 14.9. The van der Waals surface area contributed by atoms with Crippen LogP contribution in [0.2, 0.25) is 10.0 Å². The molecule has 1 saturated heterocycles. The number of aliphatic imine (C=N–C) groups is 2. The summed E-state index contributed by atoms with van der Waals surface area (Å²) in [6.45, 7) is 5.11. The first-order chi connectivity index (χ1) is 18.5. The van der Waals surface area contributed by atoms with E-state index >= 15 is 0 Å². The summed E-state index contributed by atoms with van der Waals surface area (Å²) in [5, 5.41) is 1.44. The molecule has 10 heteroatoms. The molecule has 204 valence electrons. The van der Waals surface area contributed by atoms with Crippen LogP contribution in [0.4, 0.5) is 0 Å². The van der Waals surface area contributed by atoms with Crippen molar-refractivity contribution in [1.29, 1.82) is 0 Å². The molecule has 38 heavy (non-hydrogen) atoms. The normalized spacial score (nSPS) is 20.1. The van der Waals surface area contributed by atoms with E-state index in [1.807, 2.05) is 30.5 Å². The number of carbonyl (C=O) groups is 1. The van der Waals surface area contributed by atoms with Crippen LogP contribution >= 0.6 is 35.0 Å². The van der Waals surface area contributed by atoms with Crippen LogP contribution in [0.1, 0.15) is 23.6 Å². The first kappa shape index (κ1) is 29.1. The van der Waals surface area contributed by atoms with E-state index in [4.69, 9.17) is 42.4 Å². The molecule has 0 saturated carbocycles. The molecule has 0 radical (unpaired) electrons. The molecule has 4 rings (SSSR count). The quantitative estimate of drug-likeness (QED) is 0.265. The van der Waals surface area contributed by atoms with Crippen LogP contribution < -0.4 is 0 Å². The number of thioether (sulfide) groups is 1. The molecule has 0 spiro atoms. The molecule has 2 aliphatic heterocycles. The van der Waals surface area contributed by atoms with Crippen molar-refractivity contribution in [3.8, 4) is 0 Å². The highest BCUT2D eigenvalue weighted by molar-refractivity contribution is 8.13. The van der Waals surface area contributed by atoms with E-state index in [9.17, 15) is 4.79 Å². The second kappa shape index (κ2) is 15.0. The Morgan fingerprint density at radius 2 is 1.89 bits per heavy atom. The summed E-state index contributed by atoms with van der Waals surface area (Å²) in [5.74, 6) is -1.09. The van der Waals surface area contributed by atoms with Gasteiger partial charge in [0.15, 0.2) is 5.17 Å². The number of halogens is 2. The second-order valence-electron chi connectivity index (χ2n) is 9.08. The predicted molar refractivity (Wildman–Crippen MR) is 155 cm³/mol. The van der Waals surface area contributed by atoms with Crippen molar-refractivity contribution in [3.05, 3.63) is 69.7 Å². The third-order valence-corrected chi connectivity index (χ3v) is 7.79. The zero-order valence-electron chi connectivity index (χ0n) is 21.5. The van der Waals surface area contributed by atoms with Gasteiger partial charge in [0, 0.05) is 19.6 Å². The molecule has 0 N–H and O–H groups in total. The van der Waals surface area contributed by atoms with Crippen LogP contribution in [0.3, 0.4) is 0 Å². The van der Waals surface area contributed by atoms with Crippen LogP contribution in [0.15, 0.2) is 58.5 Å². The molecule has 2 atom stereocenters. The van der Waals surface area contributed by atoms with Gasteiger partial charge in [-0.25, -0.2) is 4.99 Å². The monoisotopic (exact) mass is 577 g/mol. The summed E-state index contributed by atoms with van der Waals surface area (Å²) >= 11 is 13.9. The summed E-state index contributed by atoms with van der Waals surface area (Å²) in [7, 11) is 0. The minimum Gasteiger partial charge on any atom is -0.465 e. The van der Waals surface area contributed by atoms with Gasteiger partial charge in [-0.2, -0.15) is 0 Å². The molecule has 2 aromatic carbocycles. The lowest BCUT2D eigenvalue weighted by molar-refractivity contribution is -0.147. The van der Waals surface area contributed by atoms with Gasteiger partial charge in [-0.15, -0.1) is 0 Å². The van der Waals surface area contributed by atoms with Gasteiger partial charge < -0.3 is 14.2 Å². The van der Waals surface area contributed by atoms with Gasteiger partial charge in [0.05, 0.1) is 54.8 Å². The van der Waals surface area contributed by atoms with Crippen LogP contribution in [0, 0.1) is 5.92 Å². The predicted octanol–water partition coefficient (Wildman–Crippen LogP) is 5.35. The Hall–Kier alpha value is -1.94. The number of aryl methyl sites for hydroxylation is 1. The Kier molecular flexibility index (Phi) is 11.5. The van der Waals surface area contributed by atoms with Crippen molar-refractivity contribution in [1.82, 2.24) is 4.90 Å². The molecule has 1 fully saturated rings. The standard InChI is InChI=1S/C28H33Cl2N3O4S/c1-38-28-31-24(19-36-17-13-33-11-15-35-16-12-33)25(26(32-28)21-9-10-22(29)23(30)18-21)27(34)37-14-5-8-20-6-3-2-4-7-20/h2-4,6-7,9-10,18,25-26H,5,8,11-17,19H2,1H3. The smallest absolute Gasteiger partial charge is 0.317 e. The third kappa shape index (κ3) is 8.28. The number of morpholine rings is 1. The maximum absolute atomic E-state index is 13.5. The van der Waals surface area contributed by atoms with Gasteiger partial charge in [-0.05, 0) is 42.4 Å². The number of hydrogen-bond acceptors (Lipinski definition) is 8. The number of benzene rings is 2. The molecule has 2 aromatic rings. The third-order valence-electron chi connectivity index (χ3n) is 6.49. The van der Waals surface area contributed by atoms with E-state index < -0.39 is 12.0 Å². The second-order valence-corrected chi connectivity index (χ2v) is 10.7. The number of ether oxygens (including phenoxy) is 3. The lowest BCUT2D eigenvalue weighted by atomic mass is 9.88. The fraction of sp³-hybridized carbons (Fsp3) is 0.464. The van der Waals surface area contributed by atoms with E-state index in [0.717, 1.165) is 51.3 Å². The Labute approximate surface area is 238 Å². The van der Waals surface area contributed by atoms with Gasteiger partial charge in [0.2, 0.25) is 0 Å². The van der Waals surface area contributed by atoms with Gasteiger partial charge >= 0.3 is 5.97 Å². The summed E-state index contributed by atoms with van der Waals surface area (Å²) < 4.78 is 17.2. The number of carbonyl (C=O) groups excluding carboxylic acids is 1. The molecular formula is C28H33Cl2N3O4S. The van der Waals surface area contributed by atoms with Crippen LogP contribution in [0.25, 0.3) is 0 Å². The molecule has 2 aliphatic rings. The van der Waals surface area contributed by atoms with Crippen LogP contribution in [-0.4, -0.2) is 80.7 Å². The fourth-order valence-electron chi connectivity index (χ4n) is 4.42. The zero-order valence-corrected chi connectivity index (χ0v) is 23.8. The van der Waals surface area contributed by atoms with Crippen molar-refractivity contribution in [2.75, 3.05) is 58.9 Å². The molecule has 2 unspecified atom stereocenters. The topological polar surface area (TPSA) is 72.7 Å². The van der Waals surface area contributed by atoms with Crippen molar-refractivity contribution >= 4 is 51.8 Å². The van der Waals surface area contributed by atoms with Crippen LogP contribution in [0.5, 0.6) is 0 Å². The molecule has 0 aliphatic carbocycles. The van der Waals surface area contributed by atoms with Crippen LogP contribution in [-0.2, 0) is 25.4 Å². The highest BCUT2D eigenvalue weighted by Crippen LogP contribution is 2.36. The first-order valence-corrected chi connectivity index (χ1v) is 14.8. The minimum absolute atomic E-state index is 0.214. The van der Waals surface area contributed by atoms with E-state index in [0.29, 0.717) is 34.1 Å². The van der Waals surface area contributed by atoms with E-state index in [1.165, 1.54) is 17.3 Å². The summed E-state index contributed by atoms with van der Waals surface area (Å²) in [6.07, 6.45) is 3.46. The number of rotatable bonds is 11. The average molecular weight is 579 g/mol. The lowest BCUT2D eigenvalue weighted by Gasteiger charge is -2.29. The Morgan fingerprint density at radius 3 is 2.63 bits per heavy atom. The highest BCUT2D eigenvalue weighted by atomic mass is 35.5. The average Bonchev–Trinajstić information content (AvgIpc) is 2.95.